The number of hydrogen-bond donors (Lipinski definition) is 1. The number of anilines is 1. The van der Waals surface area contributed by atoms with E-state index in [1.165, 1.54) is 17.3 Å². The number of halogens is 1. The van der Waals surface area contributed by atoms with E-state index < -0.39 is 6.10 Å². The van der Waals surface area contributed by atoms with Gasteiger partial charge in [0.1, 0.15) is 19.2 Å². The molecule has 1 heterocycles. The number of aryl methyl sites for hydroxylation is 1. The Kier molecular flexibility index (Phi) is 5.65. The molecule has 26 heavy (non-hydrogen) atoms. The molecule has 0 bridgehead atoms. The number of carbonyl (C=O) groups is 1. The van der Waals surface area contributed by atoms with Gasteiger partial charge in [0.2, 0.25) is 5.91 Å². The molecule has 0 aliphatic heterocycles. The fourth-order valence-corrected chi connectivity index (χ4v) is 2.83. The molecule has 1 unspecified atom stereocenters. The topological polar surface area (TPSA) is 71.2 Å². The molecule has 134 valence electrons. The van der Waals surface area contributed by atoms with Gasteiger partial charge in [0.15, 0.2) is 0 Å². The van der Waals surface area contributed by atoms with Crippen LogP contribution in [0.4, 0.5) is 5.69 Å². The SMILES string of the molecule is Cc1ccccc1N(CC(O)c1ccc(Cl)cc1)C(=O)Cn1cncn1. The molecule has 1 atom stereocenters. The first kappa shape index (κ1) is 18.1. The van der Waals surface area contributed by atoms with Crippen LogP contribution in [0.25, 0.3) is 0 Å². The third kappa shape index (κ3) is 4.28. The van der Waals surface area contributed by atoms with E-state index in [0.29, 0.717) is 10.6 Å². The van der Waals surface area contributed by atoms with Gasteiger partial charge in [0.25, 0.3) is 0 Å². The highest BCUT2D eigenvalue weighted by molar-refractivity contribution is 6.30. The van der Waals surface area contributed by atoms with E-state index in [0.717, 1.165) is 11.3 Å². The van der Waals surface area contributed by atoms with Crippen LogP contribution in [-0.2, 0) is 11.3 Å². The third-order valence-corrected chi connectivity index (χ3v) is 4.33. The number of amides is 1. The highest BCUT2D eigenvalue weighted by Gasteiger charge is 2.22. The second-order valence-electron chi connectivity index (χ2n) is 5.95. The van der Waals surface area contributed by atoms with E-state index in [1.54, 1.807) is 29.2 Å². The molecule has 1 aromatic heterocycles. The van der Waals surface area contributed by atoms with Crippen molar-refractivity contribution in [3.05, 3.63) is 77.3 Å². The standard InChI is InChI=1S/C19H19ClN4O2/c1-14-4-2-3-5-17(14)24(19(26)11-23-13-21-12-22-23)10-18(25)15-6-8-16(20)9-7-15/h2-9,12-13,18,25H,10-11H2,1H3. The summed E-state index contributed by atoms with van der Waals surface area (Å²) in [6, 6.07) is 14.5. The molecule has 0 fully saturated rings. The molecule has 0 saturated heterocycles. The van der Waals surface area contributed by atoms with Crippen LogP contribution >= 0.6 is 11.6 Å². The first-order valence-corrected chi connectivity index (χ1v) is 8.54. The molecule has 3 aromatic rings. The van der Waals surface area contributed by atoms with Crippen LogP contribution in [0.1, 0.15) is 17.2 Å². The van der Waals surface area contributed by atoms with Gasteiger partial charge in [-0.05, 0) is 36.2 Å². The number of rotatable bonds is 6. The number of hydrogen-bond acceptors (Lipinski definition) is 4. The van der Waals surface area contributed by atoms with Crippen molar-refractivity contribution in [2.24, 2.45) is 0 Å². The average Bonchev–Trinajstić information content (AvgIpc) is 3.13. The number of aliphatic hydroxyl groups excluding tert-OH is 1. The average molecular weight is 371 g/mol. The van der Waals surface area contributed by atoms with Gasteiger partial charge >= 0.3 is 0 Å². The minimum absolute atomic E-state index is 0.0433. The van der Waals surface area contributed by atoms with E-state index >= 15 is 0 Å². The van der Waals surface area contributed by atoms with Gasteiger partial charge in [-0.3, -0.25) is 4.79 Å². The largest absolute Gasteiger partial charge is 0.387 e. The van der Waals surface area contributed by atoms with E-state index in [2.05, 4.69) is 10.1 Å². The number of aromatic nitrogens is 3. The van der Waals surface area contributed by atoms with Crippen LogP contribution in [-0.4, -0.2) is 32.3 Å². The summed E-state index contributed by atoms with van der Waals surface area (Å²) in [7, 11) is 0. The van der Waals surface area contributed by atoms with Crippen molar-refractivity contribution in [3.8, 4) is 0 Å². The van der Waals surface area contributed by atoms with E-state index in [1.807, 2.05) is 31.2 Å². The summed E-state index contributed by atoms with van der Waals surface area (Å²) in [5.41, 5.74) is 2.40. The van der Waals surface area contributed by atoms with Gasteiger partial charge in [0, 0.05) is 10.7 Å². The fraction of sp³-hybridized carbons (Fsp3) is 0.211. The summed E-state index contributed by atoms with van der Waals surface area (Å²) in [6.07, 6.45) is 2.03. The van der Waals surface area contributed by atoms with Gasteiger partial charge in [-0.1, -0.05) is 41.9 Å². The molecule has 0 saturated carbocycles. The van der Waals surface area contributed by atoms with Crippen molar-refractivity contribution < 1.29 is 9.90 Å². The maximum atomic E-state index is 12.9. The molecular formula is C19H19ClN4O2. The molecule has 0 aliphatic rings. The fourth-order valence-electron chi connectivity index (χ4n) is 2.70. The Balaban J connectivity index is 1.86. The zero-order valence-corrected chi connectivity index (χ0v) is 15.0. The Hall–Kier alpha value is -2.70. The molecule has 0 aliphatic carbocycles. The smallest absolute Gasteiger partial charge is 0.248 e. The number of para-hydroxylation sites is 1. The molecule has 0 radical (unpaired) electrons. The Morgan fingerprint density at radius 3 is 2.62 bits per heavy atom. The maximum absolute atomic E-state index is 12.9. The number of carbonyl (C=O) groups excluding carboxylic acids is 1. The monoisotopic (exact) mass is 370 g/mol. The van der Waals surface area contributed by atoms with Crippen molar-refractivity contribution in [2.75, 3.05) is 11.4 Å². The summed E-state index contributed by atoms with van der Waals surface area (Å²) in [5.74, 6) is -0.183. The summed E-state index contributed by atoms with van der Waals surface area (Å²) >= 11 is 5.91. The predicted molar refractivity (Wildman–Crippen MR) is 100.0 cm³/mol. The molecule has 7 heteroatoms. The first-order valence-electron chi connectivity index (χ1n) is 8.16. The highest BCUT2D eigenvalue weighted by Crippen LogP contribution is 2.24. The maximum Gasteiger partial charge on any atom is 0.248 e. The molecular weight excluding hydrogens is 352 g/mol. The predicted octanol–water partition coefficient (Wildman–Crippen LogP) is 3.01. The summed E-state index contributed by atoms with van der Waals surface area (Å²) in [6.45, 7) is 2.10. The zero-order chi connectivity index (χ0) is 18.5. The van der Waals surface area contributed by atoms with E-state index in [4.69, 9.17) is 11.6 Å². The van der Waals surface area contributed by atoms with Crippen molar-refractivity contribution in [1.29, 1.82) is 0 Å². The van der Waals surface area contributed by atoms with Gasteiger partial charge in [0.05, 0.1) is 12.6 Å². The molecule has 2 aromatic carbocycles. The second kappa shape index (κ2) is 8.12. The van der Waals surface area contributed by atoms with Crippen LogP contribution in [0.5, 0.6) is 0 Å². The van der Waals surface area contributed by atoms with Crippen molar-refractivity contribution in [1.82, 2.24) is 14.8 Å². The normalized spacial score (nSPS) is 12.0. The third-order valence-electron chi connectivity index (χ3n) is 4.08. The van der Waals surface area contributed by atoms with Gasteiger partial charge in [-0.2, -0.15) is 5.10 Å². The van der Waals surface area contributed by atoms with Crippen LogP contribution < -0.4 is 4.90 Å². The van der Waals surface area contributed by atoms with Crippen LogP contribution in [0, 0.1) is 6.92 Å². The highest BCUT2D eigenvalue weighted by atomic mass is 35.5. The van der Waals surface area contributed by atoms with Gasteiger partial charge in [-0.15, -0.1) is 0 Å². The Labute approximate surface area is 156 Å². The molecule has 1 N–H and O–H groups in total. The molecule has 6 nitrogen and oxygen atoms in total. The quantitative estimate of drug-likeness (QED) is 0.724. The van der Waals surface area contributed by atoms with Gasteiger partial charge in [-0.25, -0.2) is 9.67 Å². The lowest BCUT2D eigenvalue weighted by Gasteiger charge is -2.27. The molecule has 0 spiro atoms. The van der Waals surface area contributed by atoms with Crippen molar-refractivity contribution in [3.63, 3.8) is 0 Å². The number of benzene rings is 2. The minimum atomic E-state index is -0.841. The lowest BCUT2D eigenvalue weighted by atomic mass is 10.1. The van der Waals surface area contributed by atoms with Crippen LogP contribution in [0.15, 0.2) is 61.2 Å². The Bertz CT molecular complexity index is 866. The number of aliphatic hydroxyl groups is 1. The zero-order valence-electron chi connectivity index (χ0n) is 14.3. The molecule has 1 amide bonds. The van der Waals surface area contributed by atoms with E-state index in [9.17, 15) is 9.90 Å². The molecule has 3 rings (SSSR count). The first-order chi connectivity index (χ1) is 12.5. The van der Waals surface area contributed by atoms with Crippen molar-refractivity contribution >= 4 is 23.2 Å². The second-order valence-corrected chi connectivity index (χ2v) is 6.39. The summed E-state index contributed by atoms with van der Waals surface area (Å²) in [4.78, 5) is 18.3. The van der Waals surface area contributed by atoms with E-state index in [-0.39, 0.29) is 19.0 Å². The Morgan fingerprint density at radius 2 is 1.96 bits per heavy atom. The summed E-state index contributed by atoms with van der Waals surface area (Å²) in [5, 5.41) is 15.2. The van der Waals surface area contributed by atoms with Gasteiger partial charge < -0.3 is 10.0 Å². The lowest BCUT2D eigenvalue weighted by Crippen LogP contribution is -2.37. The number of nitrogens with zero attached hydrogens (tertiary/aromatic N) is 4. The van der Waals surface area contributed by atoms with Crippen LogP contribution in [0.3, 0.4) is 0 Å². The Morgan fingerprint density at radius 1 is 1.23 bits per heavy atom. The van der Waals surface area contributed by atoms with Crippen LogP contribution in [0.2, 0.25) is 5.02 Å². The van der Waals surface area contributed by atoms with Crippen molar-refractivity contribution in [2.45, 2.75) is 19.6 Å². The lowest BCUT2D eigenvalue weighted by molar-refractivity contribution is -0.119. The summed E-state index contributed by atoms with van der Waals surface area (Å²) < 4.78 is 1.46. The minimum Gasteiger partial charge on any atom is -0.387 e.